The van der Waals surface area contributed by atoms with Gasteiger partial charge >= 0.3 is 6.03 Å². The number of fused-ring (bicyclic) bond motifs is 1. The fourth-order valence-electron chi connectivity index (χ4n) is 2.61. The molecule has 0 fully saturated rings. The van der Waals surface area contributed by atoms with Gasteiger partial charge in [-0.15, -0.1) is 0 Å². The molecule has 6 nitrogen and oxygen atoms in total. The molecule has 132 valence electrons. The van der Waals surface area contributed by atoms with Gasteiger partial charge in [-0.25, -0.2) is 4.79 Å². The molecule has 7 heteroatoms. The van der Waals surface area contributed by atoms with E-state index in [-0.39, 0.29) is 12.1 Å². The smallest absolute Gasteiger partial charge is 0.319 e. The third-order valence-electron chi connectivity index (χ3n) is 3.74. The zero-order valence-electron chi connectivity index (χ0n) is 14.1. The minimum atomic E-state index is -0.326. The van der Waals surface area contributed by atoms with E-state index in [0.717, 1.165) is 11.4 Å². The number of urea groups is 1. The highest BCUT2D eigenvalue weighted by atomic mass is 35.5. The van der Waals surface area contributed by atoms with Crippen molar-refractivity contribution in [1.29, 1.82) is 0 Å². The lowest BCUT2D eigenvalue weighted by Crippen LogP contribution is -2.42. The zero-order chi connectivity index (χ0) is 17.8. The van der Waals surface area contributed by atoms with E-state index < -0.39 is 0 Å². The lowest BCUT2D eigenvalue weighted by atomic mass is 10.2. The van der Waals surface area contributed by atoms with Crippen LogP contribution in [0, 0.1) is 0 Å². The van der Waals surface area contributed by atoms with Crippen LogP contribution in [0.3, 0.4) is 0 Å². The number of rotatable bonds is 4. The Bertz CT molecular complexity index is 767. The van der Waals surface area contributed by atoms with Gasteiger partial charge in [-0.3, -0.25) is 0 Å². The van der Waals surface area contributed by atoms with Gasteiger partial charge in [0, 0.05) is 14.1 Å². The Morgan fingerprint density at radius 1 is 1.20 bits per heavy atom. The van der Waals surface area contributed by atoms with E-state index in [1.54, 1.807) is 18.2 Å². The Kier molecular flexibility index (Phi) is 5.19. The number of nitrogens with zero attached hydrogens (tertiary/aromatic N) is 1. The Morgan fingerprint density at radius 3 is 2.72 bits per heavy atom. The van der Waals surface area contributed by atoms with Crippen LogP contribution in [0.4, 0.5) is 16.2 Å². The second-order valence-corrected chi connectivity index (χ2v) is 6.27. The Hall–Kier alpha value is -2.60. The average Bonchev–Trinajstić information content (AvgIpc) is 2.59. The highest BCUT2D eigenvalue weighted by molar-refractivity contribution is 6.34. The SMILES string of the molecule is CN(C)c1c(Cl)cccc1NC(=O)NC[C@H]1COc2ccccc2O1. The number of hydrogen-bond acceptors (Lipinski definition) is 4. The van der Waals surface area contributed by atoms with Gasteiger partial charge in [0.1, 0.15) is 6.61 Å². The van der Waals surface area contributed by atoms with E-state index in [2.05, 4.69) is 10.6 Å². The number of carbonyl (C=O) groups is 1. The summed E-state index contributed by atoms with van der Waals surface area (Å²) in [5.41, 5.74) is 1.40. The maximum absolute atomic E-state index is 12.2. The van der Waals surface area contributed by atoms with Crippen molar-refractivity contribution in [1.82, 2.24) is 5.32 Å². The number of carbonyl (C=O) groups excluding carboxylic acids is 1. The minimum absolute atomic E-state index is 0.242. The second-order valence-electron chi connectivity index (χ2n) is 5.86. The molecule has 2 aromatic carbocycles. The fourth-order valence-corrected chi connectivity index (χ4v) is 2.95. The van der Waals surface area contributed by atoms with Crippen molar-refractivity contribution in [2.45, 2.75) is 6.10 Å². The molecule has 0 aromatic heterocycles. The van der Waals surface area contributed by atoms with Crippen molar-refractivity contribution in [3.8, 4) is 11.5 Å². The van der Waals surface area contributed by atoms with E-state index in [0.29, 0.717) is 29.6 Å². The molecule has 0 saturated carbocycles. The molecule has 1 aliphatic rings. The first-order valence-electron chi connectivity index (χ1n) is 7.94. The summed E-state index contributed by atoms with van der Waals surface area (Å²) in [6.45, 7) is 0.718. The zero-order valence-corrected chi connectivity index (χ0v) is 14.8. The average molecular weight is 362 g/mol. The molecule has 3 rings (SSSR count). The largest absolute Gasteiger partial charge is 0.486 e. The summed E-state index contributed by atoms with van der Waals surface area (Å²) in [5, 5.41) is 6.19. The lowest BCUT2D eigenvalue weighted by Gasteiger charge is -2.26. The van der Waals surface area contributed by atoms with Crippen molar-refractivity contribution in [2.75, 3.05) is 37.5 Å². The first-order valence-corrected chi connectivity index (χ1v) is 8.31. The Morgan fingerprint density at radius 2 is 1.96 bits per heavy atom. The molecule has 0 spiro atoms. The summed E-state index contributed by atoms with van der Waals surface area (Å²) < 4.78 is 11.4. The normalized spacial score (nSPS) is 15.4. The Balaban J connectivity index is 1.57. The second kappa shape index (κ2) is 7.53. The van der Waals surface area contributed by atoms with E-state index >= 15 is 0 Å². The van der Waals surface area contributed by atoms with Crippen LogP contribution >= 0.6 is 11.6 Å². The highest BCUT2D eigenvalue weighted by Crippen LogP contribution is 2.32. The number of halogens is 1. The van der Waals surface area contributed by atoms with Crippen molar-refractivity contribution in [3.63, 3.8) is 0 Å². The number of amides is 2. The molecule has 0 saturated heterocycles. The Labute approximate surface area is 151 Å². The summed E-state index contributed by atoms with van der Waals surface area (Å²) in [6.07, 6.45) is -0.242. The molecule has 2 N–H and O–H groups in total. The van der Waals surface area contributed by atoms with Crippen LogP contribution in [-0.4, -0.2) is 39.4 Å². The molecule has 2 amide bonds. The van der Waals surface area contributed by atoms with E-state index in [9.17, 15) is 4.79 Å². The van der Waals surface area contributed by atoms with Crippen LogP contribution < -0.4 is 25.0 Å². The fraction of sp³-hybridized carbons (Fsp3) is 0.278. The van der Waals surface area contributed by atoms with Crippen molar-refractivity contribution in [3.05, 3.63) is 47.5 Å². The predicted molar refractivity (Wildman–Crippen MR) is 99.2 cm³/mol. The maximum atomic E-state index is 12.2. The van der Waals surface area contributed by atoms with Gasteiger partial charge in [-0.1, -0.05) is 29.8 Å². The summed E-state index contributed by atoms with van der Waals surface area (Å²) in [5.74, 6) is 1.41. The number of benzene rings is 2. The van der Waals surface area contributed by atoms with Gasteiger partial charge in [0.2, 0.25) is 0 Å². The predicted octanol–water partition coefficient (Wildman–Crippen LogP) is 3.37. The van der Waals surface area contributed by atoms with Gasteiger partial charge < -0.3 is 25.0 Å². The van der Waals surface area contributed by atoms with Crippen LogP contribution in [0.1, 0.15) is 0 Å². The molecular formula is C18H20ClN3O3. The molecule has 2 aromatic rings. The first-order chi connectivity index (χ1) is 12.0. The summed E-state index contributed by atoms with van der Waals surface area (Å²) in [6, 6.07) is 12.5. The third kappa shape index (κ3) is 4.09. The summed E-state index contributed by atoms with van der Waals surface area (Å²) in [7, 11) is 3.74. The van der Waals surface area contributed by atoms with E-state index in [1.807, 2.05) is 43.3 Å². The van der Waals surface area contributed by atoms with Gasteiger partial charge in [0.25, 0.3) is 0 Å². The monoisotopic (exact) mass is 361 g/mol. The van der Waals surface area contributed by atoms with Crippen LogP contribution in [0.25, 0.3) is 0 Å². The van der Waals surface area contributed by atoms with Crippen LogP contribution in [0.15, 0.2) is 42.5 Å². The van der Waals surface area contributed by atoms with Crippen LogP contribution in [0.5, 0.6) is 11.5 Å². The van der Waals surface area contributed by atoms with Crippen molar-refractivity contribution >= 4 is 29.0 Å². The van der Waals surface area contributed by atoms with Crippen molar-refractivity contribution in [2.24, 2.45) is 0 Å². The quantitative estimate of drug-likeness (QED) is 0.876. The highest BCUT2D eigenvalue weighted by Gasteiger charge is 2.21. The lowest BCUT2D eigenvalue weighted by molar-refractivity contribution is 0.0922. The number of ether oxygens (including phenoxy) is 2. The topological polar surface area (TPSA) is 62.8 Å². The molecule has 0 bridgehead atoms. The van der Waals surface area contributed by atoms with Gasteiger partial charge in [-0.2, -0.15) is 0 Å². The van der Waals surface area contributed by atoms with Crippen molar-refractivity contribution < 1.29 is 14.3 Å². The number of nitrogens with one attached hydrogen (secondary N) is 2. The molecule has 1 aliphatic heterocycles. The number of anilines is 2. The number of para-hydroxylation sites is 3. The summed E-state index contributed by atoms with van der Waals surface area (Å²) in [4.78, 5) is 14.1. The van der Waals surface area contributed by atoms with E-state index in [1.165, 1.54) is 0 Å². The summed E-state index contributed by atoms with van der Waals surface area (Å²) >= 11 is 6.20. The minimum Gasteiger partial charge on any atom is -0.486 e. The maximum Gasteiger partial charge on any atom is 0.319 e. The first kappa shape index (κ1) is 17.2. The van der Waals surface area contributed by atoms with Gasteiger partial charge in [-0.05, 0) is 24.3 Å². The molecule has 1 heterocycles. The molecular weight excluding hydrogens is 342 g/mol. The van der Waals surface area contributed by atoms with Crippen LogP contribution in [0.2, 0.25) is 5.02 Å². The van der Waals surface area contributed by atoms with E-state index in [4.69, 9.17) is 21.1 Å². The molecule has 25 heavy (non-hydrogen) atoms. The van der Waals surface area contributed by atoms with Gasteiger partial charge in [0.05, 0.1) is 22.9 Å². The van der Waals surface area contributed by atoms with Crippen LogP contribution in [-0.2, 0) is 0 Å². The molecule has 0 aliphatic carbocycles. The van der Waals surface area contributed by atoms with Gasteiger partial charge in [0.15, 0.2) is 17.6 Å². The number of hydrogen-bond donors (Lipinski definition) is 2. The molecule has 0 radical (unpaired) electrons. The molecule has 1 atom stereocenters. The molecule has 0 unspecified atom stereocenters. The third-order valence-corrected chi connectivity index (χ3v) is 4.05. The standard InChI is InChI=1S/C18H20ClN3O3/c1-22(2)17-13(19)6-5-7-14(17)21-18(23)20-10-12-11-24-15-8-3-4-9-16(15)25-12/h3-9,12H,10-11H2,1-2H3,(H2,20,21,23)/t12-/m0/s1.